The largest absolute Gasteiger partial charge is 0.330 e. The molecule has 0 saturated heterocycles. The van der Waals surface area contributed by atoms with E-state index in [0.717, 1.165) is 12.8 Å². The van der Waals surface area contributed by atoms with Gasteiger partial charge in [-0.3, -0.25) is 14.9 Å². The summed E-state index contributed by atoms with van der Waals surface area (Å²) in [4.78, 5) is 21.8. The second-order valence-electron chi connectivity index (χ2n) is 4.01. The number of nitro groups is 1. The molecule has 1 aromatic rings. The molecule has 1 aromatic carbocycles. The van der Waals surface area contributed by atoms with Crippen LogP contribution in [0.1, 0.15) is 19.8 Å². The molecule has 0 aliphatic heterocycles. The van der Waals surface area contributed by atoms with Crippen molar-refractivity contribution in [2.75, 3.05) is 11.9 Å². The molecule has 0 fully saturated rings. The Labute approximate surface area is 105 Å². The van der Waals surface area contributed by atoms with E-state index >= 15 is 0 Å². The van der Waals surface area contributed by atoms with Crippen LogP contribution in [0.3, 0.4) is 0 Å². The number of hydrogen-bond donors (Lipinski definition) is 2. The molecular formula is C12H17N3O3. The molecule has 0 aliphatic rings. The molecule has 0 aliphatic carbocycles. The van der Waals surface area contributed by atoms with E-state index in [0.29, 0.717) is 12.2 Å². The Bertz CT molecular complexity index is 417. The first-order chi connectivity index (χ1) is 8.58. The van der Waals surface area contributed by atoms with E-state index in [1.54, 1.807) is 0 Å². The summed E-state index contributed by atoms with van der Waals surface area (Å²) < 4.78 is 0. The van der Waals surface area contributed by atoms with E-state index in [2.05, 4.69) is 5.32 Å². The molecular weight excluding hydrogens is 234 g/mol. The number of nitrogens with zero attached hydrogens (tertiary/aromatic N) is 1. The maximum Gasteiger partial charge on any atom is 0.269 e. The number of non-ortho nitro benzene ring substituents is 1. The lowest BCUT2D eigenvalue weighted by atomic mass is 10.0. The first-order valence-corrected chi connectivity index (χ1v) is 5.83. The van der Waals surface area contributed by atoms with Gasteiger partial charge in [0.25, 0.3) is 5.69 Å². The van der Waals surface area contributed by atoms with Gasteiger partial charge in [-0.1, -0.05) is 13.3 Å². The minimum atomic E-state index is -0.481. The van der Waals surface area contributed by atoms with Gasteiger partial charge in [-0.15, -0.1) is 0 Å². The number of carbonyl (C=O) groups is 1. The number of carbonyl (C=O) groups excluding carboxylic acids is 1. The topological polar surface area (TPSA) is 98.3 Å². The van der Waals surface area contributed by atoms with Crippen LogP contribution in [-0.2, 0) is 4.79 Å². The highest BCUT2D eigenvalue weighted by Gasteiger charge is 2.16. The standard InChI is InChI=1S/C12H17N3O3/c1-2-3-9(8-13)12(16)14-10-4-6-11(7-5-10)15(17)18/h4-7,9H,2-3,8,13H2,1H3,(H,14,16). The fourth-order valence-corrected chi connectivity index (χ4v) is 1.62. The Morgan fingerprint density at radius 1 is 1.44 bits per heavy atom. The van der Waals surface area contributed by atoms with Crippen molar-refractivity contribution in [3.05, 3.63) is 34.4 Å². The molecule has 0 heterocycles. The second kappa shape index (κ2) is 6.70. The smallest absolute Gasteiger partial charge is 0.269 e. The van der Waals surface area contributed by atoms with Gasteiger partial charge in [-0.25, -0.2) is 0 Å². The van der Waals surface area contributed by atoms with Gasteiger partial charge in [0.15, 0.2) is 0 Å². The Morgan fingerprint density at radius 2 is 2.06 bits per heavy atom. The van der Waals surface area contributed by atoms with Crippen molar-refractivity contribution in [1.82, 2.24) is 0 Å². The summed E-state index contributed by atoms with van der Waals surface area (Å²) in [6, 6.07) is 5.73. The second-order valence-corrected chi connectivity index (χ2v) is 4.01. The van der Waals surface area contributed by atoms with Crippen LogP contribution in [0.5, 0.6) is 0 Å². The fourth-order valence-electron chi connectivity index (χ4n) is 1.62. The Balaban J connectivity index is 2.66. The maximum absolute atomic E-state index is 11.8. The molecule has 0 saturated carbocycles. The van der Waals surface area contributed by atoms with Gasteiger partial charge in [-0.05, 0) is 18.6 Å². The third-order valence-corrected chi connectivity index (χ3v) is 2.64. The average molecular weight is 251 g/mol. The number of benzene rings is 1. The molecule has 1 unspecified atom stereocenters. The van der Waals surface area contributed by atoms with Crippen molar-refractivity contribution in [1.29, 1.82) is 0 Å². The van der Waals surface area contributed by atoms with Crippen molar-refractivity contribution >= 4 is 17.3 Å². The molecule has 0 bridgehead atoms. The first kappa shape index (κ1) is 14.1. The molecule has 18 heavy (non-hydrogen) atoms. The molecule has 0 radical (unpaired) electrons. The van der Waals surface area contributed by atoms with Gasteiger partial charge in [0.1, 0.15) is 0 Å². The minimum Gasteiger partial charge on any atom is -0.330 e. The highest BCUT2D eigenvalue weighted by Crippen LogP contribution is 2.16. The van der Waals surface area contributed by atoms with Gasteiger partial charge in [0.05, 0.1) is 10.8 Å². The van der Waals surface area contributed by atoms with E-state index in [1.807, 2.05) is 6.92 Å². The number of hydrogen-bond acceptors (Lipinski definition) is 4. The number of nitro benzene ring substituents is 1. The van der Waals surface area contributed by atoms with E-state index in [9.17, 15) is 14.9 Å². The van der Waals surface area contributed by atoms with Gasteiger partial charge in [0, 0.05) is 24.4 Å². The summed E-state index contributed by atoms with van der Waals surface area (Å²) in [6.45, 7) is 2.29. The monoisotopic (exact) mass is 251 g/mol. The van der Waals surface area contributed by atoms with Gasteiger partial charge >= 0.3 is 0 Å². The molecule has 0 aromatic heterocycles. The van der Waals surface area contributed by atoms with Crippen molar-refractivity contribution in [2.24, 2.45) is 11.7 Å². The Kier molecular flexibility index (Phi) is 5.26. The first-order valence-electron chi connectivity index (χ1n) is 5.83. The third kappa shape index (κ3) is 3.81. The number of amides is 1. The van der Waals surface area contributed by atoms with E-state index < -0.39 is 4.92 Å². The number of rotatable bonds is 6. The molecule has 1 rings (SSSR count). The van der Waals surface area contributed by atoms with Crippen LogP contribution in [-0.4, -0.2) is 17.4 Å². The van der Waals surface area contributed by atoms with Gasteiger partial charge < -0.3 is 11.1 Å². The lowest BCUT2D eigenvalue weighted by Crippen LogP contribution is -2.29. The zero-order chi connectivity index (χ0) is 13.5. The number of nitrogens with two attached hydrogens (primary N) is 1. The summed E-state index contributed by atoms with van der Waals surface area (Å²) in [7, 11) is 0. The molecule has 0 spiro atoms. The molecule has 6 nitrogen and oxygen atoms in total. The molecule has 6 heteroatoms. The van der Waals surface area contributed by atoms with Crippen LogP contribution in [0.4, 0.5) is 11.4 Å². The van der Waals surface area contributed by atoms with Crippen molar-refractivity contribution in [3.63, 3.8) is 0 Å². The summed E-state index contributed by atoms with van der Waals surface area (Å²) >= 11 is 0. The average Bonchev–Trinajstić information content (AvgIpc) is 2.36. The van der Waals surface area contributed by atoms with Gasteiger partial charge in [-0.2, -0.15) is 0 Å². The zero-order valence-electron chi connectivity index (χ0n) is 10.3. The van der Waals surface area contributed by atoms with Crippen LogP contribution in [0, 0.1) is 16.0 Å². The van der Waals surface area contributed by atoms with Crippen LogP contribution in [0.25, 0.3) is 0 Å². The van der Waals surface area contributed by atoms with Crippen LogP contribution >= 0.6 is 0 Å². The summed E-state index contributed by atoms with van der Waals surface area (Å²) in [5.41, 5.74) is 6.07. The summed E-state index contributed by atoms with van der Waals surface area (Å²) in [5.74, 6) is -0.363. The zero-order valence-corrected chi connectivity index (χ0v) is 10.3. The summed E-state index contributed by atoms with van der Waals surface area (Å²) in [6.07, 6.45) is 1.62. The lowest BCUT2D eigenvalue weighted by molar-refractivity contribution is -0.384. The number of anilines is 1. The normalized spacial score (nSPS) is 11.9. The highest BCUT2D eigenvalue weighted by atomic mass is 16.6. The molecule has 98 valence electrons. The molecule has 1 amide bonds. The van der Waals surface area contributed by atoms with Crippen LogP contribution in [0.15, 0.2) is 24.3 Å². The van der Waals surface area contributed by atoms with E-state index in [4.69, 9.17) is 5.73 Å². The Hall–Kier alpha value is -1.95. The van der Waals surface area contributed by atoms with Crippen molar-refractivity contribution in [3.8, 4) is 0 Å². The Morgan fingerprint density at radius 3 is 2.50 bits per heavy atom. The quantitative estimate of drug-likeness (QED) is 0.596. The fraction of sp³-hybridized carbons (Fsp3) is 0.417. The maximum atomic E-state index is 11.8. The summed E-state index contributed by atoms with van der Waals surface area (Å²) in [5, 5.41) is 13.2. The van der Waals surface area contributed by atoms with E-state index in [1.165, 1.54) is 24.3 Å². The highest BCUT2D eigenvalue weighted by molar-refractivity contribution is 5.92. The van der Waals surface area contributed by atoms with Crippen LogP contribution < -0.4 is 11.1 Å². The molecule has 3 N–H and O–H groups in total. The minimum absolute atomic E-state index is 0.00284. The predicted molar refractivity (Wildman–Crippen MR) is 69.2 cm³/mol. The number of nitrogens with one attached hydrogen (secondary N) is 1. The predicted octanol–water partition coefficient (Wildman–Crippen LogP) is 1.91. The molecule has 1 atom stereocenters. The van der Waals surface area contributed by atoms with Crippen molar-refractivity contribution < 1.29 is 9.72 Å². The van der Waals surface area contributed by atoms with E-state index in [-0.39, 0.29) is 17.5 Å². The van der Waals surface area contributed by atoms with Crippen molar-refractivity contribution in [2.45, 2.75) is 19.8 Å². The van der Waals surface area contributed by atoms with Gasteiger partial charge in [0.2, 0.25) is 5.91 Å². The third-order valence-electron chi connectivity index (χ3n) is 2.64. The van der Waals surface area contributed by atoms with Crippen LogP contribution in [0.2, 0.25) is 0 Å². The lowest BCUT2D eigenvalue weighted by Gasteiger charge is -2.13. The SMILES string of the molecule is CCCC(CN)C(=O)Nc1ccc([N+](=O)[O-])cc1.